The van der Waals surface area contributed by atoms with Gasteiger partial charge in [-0.05, 0) is 33.1 Å². The zero-order chi connectivity index (χ0) is 12.4. The molecule has 0 aliphatic heterocycles. The van der Waals surface area contributed by atoms with Gasteiger partial charge in [0.05, 0.1) is 20.1 Å². The molecule has 0 amide bonds. The molecule has 1 atom stereocenters. The van der Waals surface area contributed by atoms with Crippen LogP contribution in [0.2, 0.25) is 0 Å². The maximum Gasteiger partial charge on any atom is 0.147 e. The lowest BCUT2D eigenvalue weighted by molar-refractivity contribution is -0.920. The number of rotatable bonds is 7. The van der Waals surface area contributed by atoms with Gasteiger partial charge in [0, 0.05) is 6.42 Å². The molecule has 0 spiro atoms. The molecular weight excluding hydrogens is 321 g/mol. The number of quaternary nitrogens is 1. The van der Waals surface area contributed by atoms with E-state index in [1.165, 1.54) is 38.8 Å². The highest BCUT2D eigenvalue weighted by atomic mass is 127. The molecule has 0 aliphatic rings. The van der Waals surface area contributed by atoms with Crippen LogP contribution in [0.15, 0.2) is 0 Å². The van der Waals surface area contributed by atoms with Gasteiger partial charge in [0.25, 0.3) is 0 Å². The number of unbranched alkanes of at least 4 members (excludes halogenated alkanes) is 4. The van der Waals surface area contributed by atoms with Crippen molar-refractivity contribution in [1.29, 1.82) is 0 Å². The number of hydrogen-bond acceptors (Lipinski definition) is 0. The minimum Gasteiger partial charge on any atom is -1.00 e. The molecule has 0 rings (SSSR count). The molecular formula is C15H30IN. The van der Waals surface area contributed by atoms with Crippen molar-refractivity contribution in [3.05, 3.63) is 0 Å². The maximum atomic E-state index is 3.42. The Balaban J connectivity index is 0. The van der Waals surface area contributed by atoms with E-state index in [2.05, 4.69) is 46.6 Å². The Morgan fingerprint density at radius 1 is 1.00 bits per heavy atom. The first-order chi connectivity index (χ1) is 7.60. The average molecular weight is 351 g/mol. The molecule has 102 valence electrons. The Morgan fingerprint density at radius 2 is 1.59 bits per heavy atom. The third kappa shape index (κ3) is 8.05. The lowest BCUT2D eigenvalue weighted by Gasteiger charge is -2.35. The van der Waals surface area contributed by atoms with Crippen LogP contribution in [0.3, 0.4) is 0 Å². The zero-order valence-electron chi connectivity index (χ0n) is 12.4. The third-order valence-electron chi connectivity index (χ3n) is 3.85. The van der Waals surface area contributed by atoms with Crippen LogP contribution in [0.4, 0.5) is 0 Å². The van der Waals surface area contributed by atoms with Crippen molar-refractivity contribution < 1.29 is 28.5 Å². The Morgan fingerprint density at radius 3 is 2.06 bits per heavy atom. The largest absolute Gasteiger partial charge is 1.00 e. The molecule has 0 aliphatic carbocycles. The SMILES string of the molecule is CCCCCCC#C[C@@H](C)[N+](C)(CC)CC.[I-]. The monoisotopic (exact) mass is 351 g/mol. The molecule has 0 saturated heterocycles. The Kier molecular flexibility index (Phi) is 13.1. The van der Waals surface area contributed by atoms with Crippen molar-refractivity contribution >= 4 is 0 Å². The van der Waals surface area contributed by atoms with Crippen LogP contribution in [0.1, 0.15) is 59.8 Å². The molecule has 17 heavy (non-hydrogen) atoms. The van der Waals surface area contributed by atoms with Crippen molar-refractivity contribution in [2.45, 2.75) is 65.8 Å². The second-order valence-corrected chi connectivity index (χ2v) is 4.92. The van der Waals surface area contributed by atoms with Crippen LogP contribution in [0.25, 0.3) is 0 Å². The Bertz CT molecular complexity index is 223. The molecule has 0 N–H and O–H groups in total. The van der Waals surface area contributed by atoms with E-state index in [0.29, 0.717) is 6.04 Å². The summed E-state index contributed by atoms with van der Waals surface area (Å²) in [5.41, 5.74) is 0. The molecule has 0 unspecified atom stereocenters. The van der Waals surface area contributed by atoms with E-state index < -0.39 is 0 Å². The zero-order valence-corrected chi connectivity index (χ0v) is 14.5. The van der Waals surface area contributed by atoms with Crippen molar-refractivity contribution in [1.82, 2.24) is 0 Å². The van der Waals surface area contributed by atoms with Crippen LogP contribution in [-0.2, 0) is 0 Å². The molecule has 1 nitrogen and oxygen atoms in total. The van der Waals surface area contributed by atoms with Crippen molar-refractivity contribution in [3.63, 3.8) is 0 Å². The van der Waals surface area contributed by atoms with Gasteiger partial charge in [-0.1, -0.05) is 32.1 Å². The predicted octanol–water partition coefficient (Wildman–Crippen LogP) is 0.839. The molecule has 0 bridgehead atoms. The van der Waals surface area contributed by atoms with Gasteiger partial charge in [0.2, 0.25) is 0 Å². The van der Waals surface area contributed by atoms with Gasteiger partial charge >= 0.3 is 0 Å². The highest BCUT2D eigenvalue weighted by molar-refractivity contribution is 5.03. The quantitative estimate of drug-likeness (QED) is 0.276. The summed E-state index contributed by atoms with van der Waals surface area (Å²) in [6, 6.07) is 0.473. The fourth-order valence-corrected chi connectivity index (χ4v) is 1.79. The van der Waals surface area contributed by atoms with E-state index in [9.17, 15) is 0 Å². The van der Waals surface area contributed by atoms with E-state index in [1.54, 1.807) is 0 Å². The fourth-order valence-electron chi connectivity index (χ4n) is 1.79. The molecule has 0 saturated carbocycles. The second kappa shape index (κ2) is 11.3. The Labute approximate surface area is 126 Å². The van der Waals surface area contributed by atoms with E-state index in [0.717, 1.165) is 10.9 Å². The summed E-state index contributed by atoms with van der Waals surface area (Å²) in [6.45, 7) is 11.3. The van der Waals surface area contributed by atoms with Gasteiger partial charge in [-0.2, -0.15) is 0 Å². The normalized spacial score (nSPS) is 12.3. The van der Waals surface area contributed by atoms with Crippen molar-refractivity contribution in [2.24, 2.45) is 0 Å². The van der Waals surface area contributed by atoms with E-state index in [-0.39, 0.29) is 24.0 Å². The maximum absolute atomic E-state index is 3.42. The molecule has 0 aromatic heterocycles. The van der Waals surface area contributed by atoms with Crippen LogP contribution in [0, 0.1) is 11.8 Å². The topological polar surface area (TPSA) is 0 Å². The summed E-state index contributed by atoms with van der Waals surface area (Å²) in [5, 5.41) is 0. The van der Waals surface area contributed by atoms with E-state index in [4.69, 9.17) is 0 Å². The van der Waals surface area contributed by atoms with Crippen LogP contribution in [0.5, 0.6) is 0 Å². The van der Waals surface area contributed by atoms with E-state index >= 15 is 0 Å². The fraction of sp³-hybridized carbons (Fsp3) is 0.867. The summed E-state index contributed by atoms with van der Waals surface area (Å²) in [5.74, 6) is 6.78. The van der Waals surface area contributed by atoms with E-state index in [1.807, 2.05) is 0 Å². The first-order valence-electron chi connectivity index (χ1n) is 6.93. The van der Waals surface area contributed by atoms with Gasteiger partial charge in [0.1, 0.15) is 6.04 Å². The standard InChI is InChI=1S/C15H30N.HI/c1-6-9-10-11-12-13-14-15(4)16(5,7-2)8-3;/h15H,6-12H2,1-5H3;1H/q+1;/p-1/t15-;/m1./s1. The number of halogens is 1. The molecule has 0 aromatic carbocycles. The molecule has 0 radical (unpaired) electrons. The highest BCUT2D eigenvalue weighted by Gasteiger charge is 2.22. The summed E-state index contributed by atoms with van der Waals surface area (Å²) >= 11 is 0. The van der Waals surface area contributed by atoms with Crippen molar-refractivity contribution in [3.8, 4) is 11.8 Å². The third-order valence-corrected chi connectivity index (χ3v) is 3.85. The lowest BCUT2D eigenvalue weighted by atomic mass is 10.1. The first kappa shape index (κ1) is 19.6. The van der Waals surface area contributed by atoms with Gasteiger partial charge in [-0.15, -0.1) is 0 Å². The Hall–Kier alpha value is 0.250. The molecule has 0 heterocycles. The molecule has 0 fully saturated rings. The van der Waals surface area contributed by atoms with Crippen LogP contribution >= 0.6 is 0 Å². The van der Waals surface area contributed by atoms with Gasteiger partial charge in [0.15, 0.2) is 0 Å². The van der Waals surface area contributed by atoms with Gasteiger partial charge in [-0.25, -0.2) is 0 Å². The van der Waals surface area contributed by atoms with Crippen LogP contribution < -0.4 is 24.0 Å². The summed E-state index contributed by atoms with van der Waals surface area (Å²) in [6.07, 6.45) is 6.36. The van der Waals surface area contributed by atoms with Gasteiger partial charge < -0.3 is 28.5 Å². The molecule has 2 heteroatoms. The predicted molar refractivity (Wildman–Crippen MR) is 73.3 cm³/mol. The summed E-state index contributed by atoms with van der Waals surface area (Å²) < 4.78 is 1.07. The first-order valence-corrected chi connectivity index (χ1v) is 6.93. The smallest absolute Gasteiger partial charge is 0.147 e. The highest BCUT2D eigenvalue weighted by Crippen LogP contribution is 2.08. The minimum atomic E-state index is 0. The van der Waals surface area contributed by atoms with Crippen LogP contribution in [-0.4, -0.2) is 30.7 Å². The minimum absolute atomic E-state index is 0. The lowest BCUT2D eigenvalue weighted by Crippen LogP contribution is -3.00. The average Bonchev–Trinajstić information content (AvgIpc) is 2.32. The second-order valence-electron chi connectivity index (χ2n) is 4.92. The number of hydrogen-bond donors (Lipinski definition) is 0. The summed E-state index contributed by atoms with van der Waals surface area (Å²) in [4.78, 5) is 0. The number of nitrogens with zero attached hydrogens (tertiary/aromatic N) is 1. The van der Waals surface area contributed by atoms with Gasteiger partial charge in [-0.3, -0.25) is 0 Å². The van der Waals surface area contributed by atoms with Crippen molar-refractivity contribution in [2.75, 3.05) is 20.1 Å². The summed E-state index contributed by atoms with van der Waals surface area (Å²) in [7, 11) is 2.30. The molecule has 0 aromatic rings.